The molecule has 5 aromatic carbocycles. The number of fused-ring (bicyclic) bond motifs is 1. The summed E-state index contributed by atoms with van der Waals surface area (Å²) in [5.74, 6) is -11.8. The van der Waals surface area contributed by atoms with Crippen molar-refractivity contribution in [1.29, 1.82) is 5.26 Å². The third-order valence-corrected chi connectivity index (χ3v) is 9.72. The van der Waals surface area contributed by atoms with Crippen LogP contribution in [0.2, 0.25) is 0 Å². The van der Waals surface area contributed by atoms with E-state index in [2.05, 4.69) is 4.85 Å². The summed E-state index contributed by atoms with van der Waals surface area (Å²) in [7, 11) is -4.89. The molecule has 0 amide bonds. The van der Waals surface area contributed by atoms with E-state index in [1.165, 1.54) is 24.3 Å². The molecule has 51 heavy (non-hydrogen) atoms. The molecule has 0 spiro atoms. The number of aromatic carboxylic acids is 1. The lowest BCUT2D eigenvalue weighted by Crippen LogP contribution is -2.14. The SMILES string of the molecule is [C-]#[N+]c1cccc(C#N)c1-c1c(-c2cccc(-c3c(F)c(F)c(C(=O)O)c(F)c3F)c2)n(S(=O)(=O)c2ccc(C(F)F)cc2)c2ccc(F)cc12. The molecular formula is C36H16F7N3O4S. The van der Waals surface area contributed by atoms with E-state index in [9.17, 15) is 40.4 Å². The van der Waals surface area contributed by atoms with Gasteiger partial charge in [0, 0.05) is 33.2 Å². The number of carboxylic acids is 1. The zero-order valence-electron chi connectivity index (χ0n) is 25.2. The lowest BCUT2D eigenvalue weighted by molar-refractivity contribution is 0.0683. The highest BCUT2D eigenvalue weighted by Crippen LogP contribution is 2.48. The Bertz CT molecular complexity index is 2580. The van der Waals surface area contributed by atoms with E-state index in [0.29, 0.717) is 3.97 Å². The van der Waals surface area contributed by atoms with Gasteiger partial charge in [-0.2, -0.15) is 5.26 Å². The Hall–Kier alpha value is -6.45. The molecule has 6 rings (SSSR count). The van der Waals surface area contributed by atoms with Crippen LogP contribution in [-0.2, 0) is 10.0 Å². The Morgan fingerprint density at radius 3 is 2.02 bits per heavy atom. The van der Waals surface area contributed by atoms with Gasteiger partial charge in [-0.05, 0) is 48.0 Å². The minimum Gasteiger partial charge on any atom is -0.477 e. The number of hydrogen-bond donors (Lipinski definition) is 1. The van der Waals surface area contributed by atoms with Crippen molar-refractivity contribution >= 4 is 32.6 Å². The van der Waals surface area contributed by atoms with E-state index in [1.54, 1.807) is 0 Å². The number of carboxylic acid groups (broad SMARTS) is 1. The van der Waals surface area contributed by atoms with Crippen LogP contribution in [0.1, 0.15) is 27.9 Å². The van der Waals surface area contributed by atoms with Gasteiger partial charge in [0.05, 0.1) is 34.3 Å². The molecule has 1 aromatic heterocycles. The second-order valence-corrected chi connectivity index (χ2v) is 12.6. The Morgan fingerprint density at radius 2 is 1.43 bits per heavy atom. The number of alkyl halides is 2. The van der Waals surface area contributed by atoms with Gasteiger partial charge in [0.2, 0.25) is 0 Å². The zero-order valence-corrected chi connectivity index (χ0v) is 26.0. The van der Waals surface area contributed by atoms with Crippen LogP contribution in [0.5, 0.6) is 0 Å². The minimum absolute atomic E-state index is 0.170. The van der Waals surface area contributed by atoms with Crippen LogP contribution in [0.25, 0.3) is 49.3 Å². The van der Waals surface area contributed by atoms with Crippen molar-refractivity contribution in [1.82, 2.24) is 3.97 Å². The highest BCUT2D eigenvalue weighted by atomic mass is 32.2. The molecule has 7 nitrogen and oxygen atoms in total. The maximum Gasteiger partial charge on any atom is 0.341 e. The predicted molar refractivity (Wildman–Crippen MR) is 170 cm³/mol. The third kappa shape index (κ3) is 5.53. The fourth-order valence-corrected chi connectivity index (χ4v) is 7.32. The average molecular weight is 720 g/mol. The van der Waals surface area contributed by atoms with E-state index >= 15 is 8.78 Å². The second-order valence-electron chi connectivity index (χ2n) is 10.8. The van der Waals surface area contributed by atoms with Crippen LogP contribution < -0.4 is 0 Å². The van der Waals surface area contributed by atoms with Gasteiger partial charge in [-0.3, -0.25) is 0 Å². The number of halogens is 7. The summed E-state index contributed by atoms with van der Waals surface area (Å²) in [6.45, 7) is 7.79. The summed E-state index contributed by atoms with van der Waals surface area (Å²) in [6, 6.07) is 16.5. The fourth-order valence-electron chi connectivity index (χ4n) is 5.77. The zero-order chi connectivity index (χ0) is 36.9. The van der Waals surface area contributed by atoms with Gasteiger partial charge in [0.15, 0.2) is 29.0 Å². The van der Waals surface area contributed by atoms with Gasteiger partial charge >= 0.3 is 5.97 Å². The van der Waals surface area contributed by atoms with E-state index < -0.39 is 84.3 Å². The molecule has 254 valence electrons. The number of nitriles is 1. The quantitative estimate of drug-likeness (QED) is 0.101. The average Bonchev–Trinajstić information content (AvgIpc) is 3.45. The maximum atomic E-state index is 15.3. The van der Waals surface area contributed by atoms with Crippen LogP contribution in [0.4, 0.5) is 36.4 Å². The Labute approximate surface area is 283 Å². The van der Waals surface area contributed by atoms with Crippen molar-refractivity contribution in [3.8, 4) is 39.6 Å². The number of rotatable bonds is 7. The second kappa shape index (κ2) is 12.8. The first-order chi connectivity index (χ1) is 24.2. The van der Waals surface area contributed by atoms with Crippen molar-refractivity contribution in [3.05, 3.63) is 142 Å². The summed E-state index contributed by atoms with van der Waals surface area (Å²) in [4.78, 5) is 14.2. The summed E-state index contributed by atoms with van der Waals surface area (Å²) >= 11 is 0. The third-order valence-electron chi connectivity index (χ3n) is 7.99. The van der Waals surface area contributed by atoms with Crippen molar-refractivity contribution in [3.63, 3.8) is 0 Å². The molecule has 15 heteroatoms. The molecule has 0 atom stereocenters. The molecule has 0 saturated carbocycles. The number of nitrogens with zero attached hydrogens (tertiary/aromatic N) is 3. The Balaban J connectivity index is 1.79. The molecule has 0 aliphatic heterocycles. The summed E-state index contributed by atoms with van der Waals surface area (Å²) < 4.78 is 132. The fraction of sp³-hybridized carbons (Fsp3) is 0.0278. The van der Waals surface area contributed by atoms with Crippen LogP contribution in [0, 0.1) is 47.0 Å². The first-order valence-electron chi connectivity index (χ1n) is 14.3. The van der Waals surface area contributed by atoms with Crippen molar-refractivity contribution in [2.75, 3.05) is 0 Å². The van der Waals surface area contributed by atoms with Gasteiger partial charge in [0.25, 0.3) is 16.4 Å². The molecule has 0 fully saturated rings. The van der Waals surface area contributed by atoms with Gasteiger partial charge in [0.1, 0.15) is 11.4 Å². The Morgan fingerprint density at radius 1 is 0.804 bits per heavy atom. The molecule has 1 N–H and O–H groups in total. The summed E-state index contributed by atoms with van der Waals surface area (Å²) in [6.07, 6.45) is -2.95. The molecule has 1 heterocycles. The number of aromatic nitrogens is 1. The van der Waals surface area contributed by atoms with Crippen LogP contribution in [0.15, 0.2) is 89.8 Å². The molecule has 6 aromatic rings. The van der Waals surface area contributed by atoms with Crippen LogP contribution in [0.3, 0.4) is 0 Å². The van der Waals surface area contributed by atoms with E-state index in [4.69, 9.17) is 11.7 Å². The normalized spacial score (nSPS) is 11.5. The van der Waals surface area contributed by atoms with Crippen molar-refractivity contribution in [2.24, 2.45) is 0 Å². The first-order valence-corrected chi connectivity index (χ1v) is 15.8. The maximum absolute atomic E-state index is 15.3. The lowest BCUT2D eigenvalue weighted by atomic mass is 9.92. The van der Waals surface area contributed by atoms with E-state index in [1.807, 2.05) is 6.07 Å². The molecule has 0 saturated heterocycles. The molecule has 0 radical (unpaired) electrons. The van der Waals surface area contributed by atoms with E-state index in [0.717, 1.165) is 60.7 Å². The number of benzene rings is 5. The van der Waals surface area contributed by atoms with Crippen LogP contribution in [-0.4, -0.2) is 23.5 Å². The van der Waals surface area contributed by atoms with Gasteiger partial charge in [-0.15, -0.1) is 0 Å². The van der Waals surface area contributed by atoms with Crippen molar-refractivity contribution in [2.45, 2.75) is 11.3 Å². The topological polar surface area (TPSA) is 105 Å². The monoisotopic (exact) mass is 719 g/mol. The van der Waals surface area contributed by atoms with Crippen molar-refractivity contribution < 1.29 is 49.1 Å². The molecule has 0 aliphatic carbocycles. The number of hydrogen-bond acceptors (Lipinski definition) is 4. The molecule has 0 bridgehead atoms. The minimum atomic E-state index is -4.89. The number of carbonyl (C=O) groups is 1. The largest absolute Gasteiger partial charge is 0.477 e. The van der Waals surface area contributed by atoms with Gasteiger partial charge in [-0.25, -0.2) is 52.8 Å². The molecular weight excluding hydrogens is 703 g/mol. The van der Waals surface area contributed by atoms with Gasteiger partial charge in [-0.1, -0.05) is 42.5 Å². The highest BCUT2D eigenvalue weighted by molar-refractivity contribution is 7.90. The Kier molecular flexibility index (Phi) is 8.62. The summed E-state index contributed by atoms with van der Waals surface area (Å²) in [5.41, 5.74) is -6.06. The smallest absolute Gasteiger partial charge is 0.341 e. The molecule has 0 unspecified atom stereocenters. The predicted octanol–water partition coefficient (Wildman–Crippen LogP) is 9.63. The van der Waals surface area contributed by atoms with E-state index in [-0.39, 0.29) is 38.8 Å². The lowest BCUT2D eigenvalue weighted by Gasteiger charge is -2.16. The summed E-state index contributed by atoms with van der Waals surface area (Å²) in [5, 5.41) is 19.0. The first kappa shape index (κ1) is 34.4. The standard InChI is InChI=1S/C36H16F7N3O4S/c1-45-24-7-3-6-20(16-44)26(24)28-23-15-21(37)10-13-25(23)46(51(49,50)22-11-8-17(9-12-22)35(42)43)34(28)19-5-2-4-18(14-19)27-30(38)32(40)29(36(47)48)33(41)31(27)39/h2-15,35H,(H,47,48). The molecule has 0 aliphatic rings. The van der Waals surface area contributed by atoms with Gasteiger partial charge < -0.3 is 5.11 Å². The van der Waals surface area contributed by atoms with Crippen LogP contribution >= 0.6 is 0 Å². The highest BCUT2D eigenvalue weighted by Gasteiger charge is 2.33.